The molecular formula is C109H122N4+4. The first kappa shape index (κ1) is 76.0. The summed E-state index contributed by atoms with van der Waals surface area (Å²) >= 11 is 0. The van der Waals surface area contributed by atoms with Crippen LogP contribution in [0.5, 0.6) is 0 Å². The first-order chi connectivity index (χ1) is 55.0. The van der Waals surface area contributed by atoms with Crippen LogP contribution in [-0.2, 0) is 79.6 Å². The fourth-order valence-electron chi connectivity index (χ4n) is 22.3. The highest BCUT2D eigenvalue weighted by molar-refractivity contribution is 5.75. The molecule has 113 heavy (non-hydrogen) atoms. The van der Waals surface area contributed by atoms with Crippen LogP contribution in [0, 0.1) is 49.4 Å². The van der Waals surface area contributed by atoms with Gasteiger partial charge in [0.2, 0.25) is 22.8 Å². The van der Waals surface area contributed by atoms with E-state index in [1.165, 1.54) is 298 Å². The second-order valence-corrected chi connectivity index (χ2v) is 36.8. The number of rotatable bonds is 8. The topological polar surface area (TPSA) is 15.5 Å². The van der Waals surface area contributed by atoms with Crippen molar-refractivity contribution in [2.75, 3.05) is 0 Å². The number of nitrogens with zero attached hydrogens (tertiary/aromatic N) is 4. The van der Waals surface area contributed by atoms with Crippen LogP contribution in [0.2, 0.25) is 0 Å². The van der Waals surface area contributed by atoms with E-state index in [1.807, 2.05) is 0 Å². The van der Waals surface area contributed by atoms with Gasteiger partial charge in [0.25, 0.3) is 0 Å². The van der Waals surface area contributed by atoms with Gasteiger partial charge >= 0.3 is 0 Å². The van der Waals surface area contributed by atoms with Crippen molar-refractivity contribution in [2.45, 2.75) is 214 Å². The minimum absolute atomic E-state index is 0.578. The van der Waals surface area contributed by atoms with Crippen molar-refractivity contribution >= 4 is 0 Å². The largest absolute Gasteiger partial charge is 0.213 e. The van der Waals surface area contributed by atoms with Gasteiger partial charge in [-0.3, -0.25) is 0 Å². The second-order valence-electron chi connectivity index (χ2n) is 36.8. The molecule has 0 aliphatic heterocycles. The lowest BCUT2D eigenvalue weighted by Gasteiger charge is -2.41. The maximum Gasteiger partial charge on any atom is 0.213 e. The third-order valence-electron chi connectivity index (χ3n) is 29.2. The molecule has 4 heteroatoms. The minimum atomic E-state index is 0.578. The summed E-state index contributed by atoms with van der Waals surface area (Å²) in [6.07, 6.45) is 49.2. The van der Waals surface area contributed by atoms with Crippen molar-refractivity contribution in [3.8, 4) is 89.5 Å². The van der Waals surface area contributed by atoms with E-state index < -0.39 is 0 Å². The molecule has 8 aromatic carbocycles. The predicted octanol–water partition coefficient (Wildman–Crippen LogP) is 25.2. The van der Waals surface area contributed by atoms with Gasteiger partial charge in [-0.15, -0.1) is 0 Å². The van der Waals surface area contributed by atoms with Crippen LogP contribution in [0.1, 0.15) is 202 Å². The van der Waals surface area contributed by atoms with Gasteiger partial charge in [0.05, 0.1) is 0 Å². The molecular weight excluding hydrogens is 1370 g/mol. The number of fused-ring (bicyclic) bond motifs is 4. The van der Waals surface area contributed by atoms with Crippen molar-refractivity contribution in [3.63, 3.8) is 0 Å². The Morgan fingerprint density at radius 1 is 0.204 bits per heavy atom. The Kier molecular flexibility index (Phi) is 22.0. The monoisotopic (exact) mass is 1490 g/mol. The number of aromatic nitrogens is 4. The van der Waals surface area contributed by atoms with E-state index in [0.717, 1.165) is 0 Å². The van der Waals surface area contributed by atoms with Gasteiger partial charge in [0.1, 0.15) is 28.2 Å². The zero-order chi connectivity index (χ0) is 77.3. The van der Waals surface area contributed by atoms with Crippen LogP contribution in [0.15, 0.2) is 243 Å². The second kappa shape index (κ2) is 32.7. The van der Waals surface area contributed by atoms with E-state index in [-0.39, 0.29) is 0 Å². The molecule has 0 unspecified atom stereocenters. The predicted molar refractivity (Wildman–Crippen MR) is 469 cm³/mol. The highest BCUT2D eigenvalue weighted by atomic mass is 14.9. The van der Waals surface area contributed by atoms with Gasteiger partial charge in [-0.2, -0.15) is 0 Å². The number of hydrogen-bond donors (Lipinski definition) is 0. The van der Waals surface area contributed by atoms with Crippen LogP contribution in [0.3, 0.4) is 0 Å². The first-order valence-corrected chi connectivity index (χ1v) is 43.8. The summed E-state index contributed by atoms with van der Waals surface area (Å²) in [6, 6.07) is 82.1. The van der Waals surface area contributed by atoms with Gasteiger partial charge < -0.3 is 0 Å². The maximum absolute atomic E-state index is 2.49. The number of benzene rings is 8. The average Bonchev–Trinajstić information content (AvgIpc) is 1.58. The quantitative estimate of drug-likeness (QED) is 0.135. The van der Waals surface area contributed by atoms with Crippen molar-refractivity contribution in [1.29, 1.82) is 0 Å². The van der Waals surface area contributed by atoms with E-state index in [9.17, 15) is 0 Å². The zero-order valence-corrected chi connectivity index (χ0v) is 69.4. The van der Waals surface area contributed by atoms with Gasteiger partial charge in [-0.1, -0.05) is 210 Å². The van der Waals surface area contributed by atoms with E-state index in [0.29, 0.717) is 21.7 Å². The van der Waals surface area contributed by atoms with E-state index in [4.69, 9.17) is 0 Å². The van der Waals surface area contributed by atoms with Crippen LogP contribution in [-0.4, -0.2) is 0 Å². The average molecular weight is 1490 g/mol. The smallest absolute Gasteiger partial charge is 0.201 e. The highest BCUT2D eigenvalue weighted by Crippen LogP contribution is 2.52. The standard InChI is InChI=1S/C28H32N.3C27H30N/c1-21-8-4-5-9-26(21)27-19-24(13-17-29(27)2)22-10-11-25-20-28(14-6-3-7-15-28)16-12-23(25)18-22;1-20-8-4-5-9-25(20)26-17-22(12-15-28(26)2)21-10-11-23-18-27(19-24(23)16-21)13-6-3-7-14-27;1-20-7-3-4-8-25(20)26-18-23(12-16-28(26)2)21-9-10-24-19-27(13-5-6-14-27)15-11-22(24)17-21;1-20-7-3-4-8-25(20)26-18-23(12-16-28(26)2)22-10-9-21-11-15-27(13-5-6-14-27)19-24(21)17-22/h4-5,8-11,13,17-19H,3,6-7,12,14-16,20H2,1-2H3;4-5,8-12,15-17H,3,6-7,13-14,18-19H2,1-2H3;2*3-4,7-10,12,16-18H,5-6,11,13-15,19H2,1-2H3/q4*+1. The van der Waals surface area contributed by atoms with Crippen molar-refractivity contribution in [1.82, 2.24) is 0 Å². The Morgan fingerprint density at radius 2 is 0.434 bits per heavy atom. The highest BCUT2D eigenvalue weighted by Gasteiger charge is 2.41. The molecule has 4 heterocycles. The summed E-state index contributed by atoms with van der Waals surface area (Å²) in [5.74, 6) is 0. The Bertz CT molecular complexity index is 5460. The van der Waals surface area contributed by atoms with Crippen LogP contribution in [0.25, 0.3) is 89.5 Å². The normalized spacial score (nSPS) is 17.7. The van der Waals surface area contributed by atoms with E-state index in [1.54, 1.807) is 44.5 Å². The molecule has 20 rings (SSSR count). The minimum Gasteiger partial charge on any atom is -0.201 e. The SMILES string of the molecule is Cc1ccccc1-c1cc(-c2ccc3c(c2)CC2(CCCC2)CC3)cc[n+]1C.Cc1ccccc1-c1cc(-c2ccc3c(c2)CC2(CCCCC2)C3)cc[n+]1C.Cc1ccccc1-c1cc(-c2ccc3c(c2)CCC2(CCCC2)C3)cc[n+]1C.Cc1ccccc1-c1cc(-c2ccc3c(c2)CCC2(CCCCC2)C3)cc[n+]1C. The summed E-state index contributed by atoms with van der Waals surface area (Å²) in [7, 11) is 8.56. The van der Waals surface area contributed by atoms with Gasteiger partial charge in [-0.25, -0.2) is 18.3 Å². The number of hydrogen-bond acceptors (Lipinski definition) is 0. The maximum atomic E-state index is 2.49. The number of pyridine rings is 4. The summed E-state index contributed by atoms with van der Waals surface area (Å²) < 4.78 is 8.93. The fraction of sp³-hybridized carbons (Fsp3) is 0.376. The first-order valence-electron chi connectivity index (χ1n) is 43.8. The van der Waals surface area contributed by atoms with Crippen LogP contribution >= 0.6 is 0 Å². The van der Waals surface area contributed by atoms with Crippen molar-refractivity contribution < 1.29 is 18.3 Å². The molecule has 8 aliphatic rings. The lowest BCUT2D eigenvalue weighted by Crippen LogP contribution is -2.31. The molecule has 0 saturated heterocycles. The summed E-state index contributed by atoms with van der Waals surface area (Å²) in [4.78, 5) is 0. The van der Waals surface area contributed by atoms with Gasteiger partial charge in [0.15, 0.2) is 24.8 Å². The molecule has 8 aliphatic carbocycles. The molecule has 4 fully saturated rings. The summed E-state index contributed by atoms with van der Waals surface area (Å²) in [5, 5.41) is 0. The molecule has 0 amide bonds. The molecule has 0 N–H and O–H groups in total. The molecule has 4 spiro atoms. The lowest BCUT2D eigenvalue weighted by molar-refractivity contribution is -0.660. The zero-order valence-electron chi connectivity index (χ0n) is 69.4. The molecule has 4 nitrogen and oxygen atoms in total. The Balaban J connectivity index is 0.000000109. The molecule has 0 radical (unpaired) electrons. The Morgan fingerprint density at radius 3 is 0.761 bits per heavy atom. The van der Waals surface area contributed by atoms with Gasteiger partial charge in [-0.05, 0) is 307 Å². The van der Waals surface area contributed by atoms with Crippen LogP contribution < -0.4 is 18.3 Å². The molecule has 0 atom stereocenters. The third kappa shape index (κ3) is 16.3. The van der Waals surface area contributed by atoms with Crippen LogP contribution in [0.4, 0.5) is 0 Å². The molecule has 0 bridgehead atoms. The third-order valence-corrected chi connectivity index (χ3v) is 29.2. The van der Waals surface area contributed by atoms with Gasteiger partial charge in [0, 0.05) is 70.8 Å². The molecule has 4 saturated carbocycles. The Hall–Kier alpha value is -9.64. The van der Waals surface area contributed by atoms with E-state index >= 15 is 0 Å². The summed E-state index contributed by atoms with van der Waals surface area (Å²) in [6.45, 7) is 8.78. The molecule has 574 valence electrons. The number of aryl methyl sites for hydroxylation is 11. The Labute approximate surface area is 677 Å². The van der Waals surface area contributed by atoms with Crippen molar-refractivity contribution in [2.24, 2.45) is 49.9 Å². The fourth-order valence-corrected chi connectivity index (χ4v) is 22.3. The lowest BCUT2D eigenvalue weighted by atomic mass is 9.64. The van der Waals surface area contributed by atoms with Crippen molar-refractivity contribution in [3.05, 3.63) is 310 Å². The molecule has 4 aromatic heterocycles. The molecule has 12 aromatic rings. The van der Waals surface area contributed by atoms with E-state index in [2.05, 4.69) is 317 Å². The summed E-state index contributed by atoms with van der Waals surface area (Å²) in [5.41, 5.74) is 41.6.